The lowest BCUT2D eigenvalue weighted by molar-refractivity contribution is -0.116. The lowest BCUT2D eigenvalue weighted by Crippen LogP contribution is -2.32. The van der Waals surface area contributed by atoms with Crippen LogP contribution in [0.1, 0.15) is 44.6 Å². The first-order valence-corrected chi connectivity index (χ1v) is 10.7. The highest BCUT2D eigenvalue weighted by atomic mass is 16.2. The second kappa shape index (κ2) is 8.69. The minimum Gasteiger partial charge on any atom is -0.352 e. The van der Waals surface area contributed by atoms with Gasteiger partial charge in [0, 0.05) is 31.7 Å². The summed E-state index contributed by atoms with van der Waals surface area (Å²) in [4.78, 5) is 32.4. The number of fused-ring (bicyclic) bond motifs is 1. The molecule has 1 saturated heterocycles. The van der Waals surface area contributed by atoms with Crippen molar-refractivity contribution in [3.05, 3.63) is 64.4 Å². The standard InChI is InChI=1S/C24H28N4O2/c1-17(2)18-9-11-19(12-10-18)25-22(29)13-16-28-21-8-4-3-7-20(21)26-23(24(28)30)27-14-5-6-15-27/h3-4,7-12,17H,5-6,13-16H2,1-2H3,(H,25,29). The van der Waals surface area contributed by atoms with Crippen LogP contribution >= 0.6 is 0 Å². The normalized spacial score (nSPS) is 13.9. The molecule has 1 aliphatic heterocycles. The van der Waals surface area contributed by atoms with Crippen molar-refractivity contribution in [1.29, 1.82) is 0 Å². The second-order valence-electron chi connectivity index (χ2n) is 8.15. The van der Waals surface area contributed by atoms with Crippen LogP contribution in [0.2, 0.25) is 0 Å². The molecule has 2 heterocycles. The summed E-state index contributed by atoms with van der Waals surface area (Å²) in [5.41, 5.74) is 3.43. The molecule has 2 aromatic carbocycles. The lowest BCUT2D eigenvalue weighted by Gasteiger charge is -2.19. The zero-order valence-electron chi connectivity index (χ0n) is 17.6. The zero-order chi connectivity index (χ0) is 21.1. The van der Waals surface area contributed by atoms with Gasteiger partial charge in [0.25, 0.3) is 5.56 Å². The van der Waals surface area contributed by atoms with Crippen molar-refractivity contribution in [1.82, 2.24) is 9.55 Å². The van der Waals surface area contributed by atoms with Crippen molar-refractivity contribution in [3.8, 4) is 0 Å². The van der Waals surface area contributed by atoms with Crippen LogP contribution in [0.5, 0.6) is 0 Å². The van der Waals surface area contributed by atoms with Gasteiger partial charge in [0.2, 0.25) is 5.91 Å². The average Bonchev–Trinajstić information content (AvgIpc) is 3.28. The number of nitrogens with one attached hydrogen (secondary N) is 1. The fourth-order valence-corrected chi connectivity index (χ4v) is 3.92. The predicted octanol–water partition coefficient (Wildman–Crippen LogP) is 4.15. The molecule has 1 N–H and O–H groups in total. The van der Waals surface area contributed by atoms with Gasteiger partial charge in [0.1, 0.15) is 0 Å². The Labute approximate surface area is 176 Å². The van der Waals surface area contributed by atoms with Gasteiger partial charge in [-0.1, -0.05) is 38.1 Å². The number of hydrogen-bond donors (Lipinski definition) is 1. The second-order valence-corrected chi connectivity index (χ2v) is 8.15. The van der Waals surface area contributed by atoms with Gasteiger partial charge in [-0.15, -0.1) is 0 Å². The number of benzene rings is 2. The summed E-state index contributed by atoms with van der Waals surface area (Å²) in [6.45, 7) is 6.31. The Balaban J connectivity index is 1.53. The maximum absolute atomic E-state index is 13.2. The minimum absolute atomic E-state index is 0.109. The van der Waals surface area contributed by atoms with Crippen LogP contribution in [-0.2, 0) is 11.3 Å². The fraction of sp³-hybridized carbons (Fsp3) is 0.375. The number of carbonyl (C=O) groups is 1. The van der Waals surface area contributed by atoms with E-state index in [4.69, 9.17) is 0 Å². The summed E-state index contributed by atoms with van der Waals surface area (Å²) in [6.07, 6.45) is 2.37. The SMILES string of the molecule is CC(C)c1ccc(NC(=O)CCn2c(=O)c(N3CCCC3)nc3ccccc32)cc1. The number of anilines is 2. The number of nitrogens with zero attached hydrogens (tertiary/aromatic N) is 3. The van der Waals surface area contributed by atoms with Crippen LogP contribution in [0.15, 0.2) is 53.3 Å². The number of aryl methyl sites for hydroxylation is 1. The first-order valence-electron chi connectivity index (χ1n) is 10.7. The van der Waals surface area contributed by atoms with E-state index in [1.54, 1.807) is 4.57 Å². The summed E-state index contributed by atoms with van der Waals surface area (Å²) < 4.78 is 1.69. The number of amides is 1. The van der Waals surface area contributed by atoms with Gasteiger partial charge in [-0.05, 0) is 48.6 Å². The van der Waals surface area contributed by atoms with Gasteiger partial charge in [0.15, 0.2) is 5.82 Å². The van der Waals surface area contributed by atoms with Crippen LogP contribution in [0.4, 0.5) is 11.5 Å². The monoisotopic (exact) mass is 404 g/mol. The van der Waals surface area contributed by atoms with Crippen LogP contribution in [0.3, 0.4) is 0 Å². The molecule has 6 nitrogen and oxygen atoms in total. The molecule has 30 heavy (non-hydrogen) atoms. The molecule has 1 amide bonds. The fourth-order valence-electron chi connectivity index (χ4n) is 3.92. The molecule has 0 spiro atoms. The van der Waals surface area contributed by atoms with E-state index in [-0.39, 0.29) is 17.9 Å². The Morgan fingerprint density at radius 3 is 2.47 bits per heavy atom. The van der Waals surface area contributed by atoms with Crippen LogP contribution in [0, 0.1) is 0 Å². The van der Waals surface area contributed by atoms with E-state index in [0.29, 0.717) is 18.3 Å². The van der Waals surface area contributed by atoms with Gasteiger partial charge in [-0.25, -0.2) is 4.98 Å². The third kappa shape index (κ3) is 4.22. The van der Waals surface area contributed by atoms with Crippen LogP contribution in [-0.4, -0.2) is 28.5 Å². The Morgan fingerprint density at radius 1 is 1.07 bits per heavy atom. The molecular weight excluding hydrogens is 376 g/mol. The summed E-state index contributed by atoms with van der Waals surface area (Å²) in [7, 11) is 0. The first kappa shape index (κ1) is 20.1. The number of carbonyl (C=O) groups excluding carboxylic acids is 1. The minimum atomic E-state index is -0.121. The molecule has 0 aliphatic carbocycles. The van der Waals surface area contributed by atoms with Crippen molar-refractivity contribution < 1.29 is 4.79 Å². The van der Waals surface area contributed by atoms with Crippen molar-refractivity contribution in [2.24, 2.45) is 0 Å². The summed E-state index contributed by atoms with van der Waals surface area (Å²) in [5.74, 6) is 0.838. The average molecular weight is 405 g/mol. The quantitative estimate of drug-likeness (QED) is 0.670. The Kier molecular flexibility index (Phi) is 5.84. The highest BCUT2D eigenvalue weighted by molar-refractivity contribution is 5.90. The van der Waals surface area contributed by atoms with E-state index in [9.17, 15) is 9.59 Å². The topological polar surface area (TPSA) is 67.2 Å². The van der Waals surface area contributed by atoms with Crippen molar-refractivity contribution in [3.63, 3.8) is 0 Å². The molecule has 0 unspecified atom stereocenters. The summed E-state index contributed by atoms with van der Waals surface area (Å²) in [6, 6.07) is 15.5. The Morgan fingerprint density at radius 2 is 1.77 bits per heavy atom. The lowest BCUT2D eigenvalue weighted by atomic mass is 10.0. The molecule has 0 radical (unpaired) electrons. The maximum Gasteiger partial charge on any atom is 0.294 e. The molecule has 1 aliphatic rings. The molecule has 0 saturated carbocycles. The molecular formula is C24H28N4O2. The first-order chi connectivity index (χ1) is 14.5. The van der Waals surface area contributed by atoms with Crippen LogP contribution < -0.4 is 15.8 Å². The molecule has 6 heteroatoms. The molecule has 156 valence electrons. The number of aromatic nitrogens is 2. The van der Waals surface area contributed by atoms with Crippen LogP contribution in [0.25, 0.3) is 11.0 Å². The highest BCUT2D eigenvalue weighted by Crippen LogP contribution is 2.19. The molecule has 4 rings (SSSR count). The number of rotatable bonds is 6. The zero-order valence-corrected chi connectivity index (χ0v) is 17.6. The van der Waals surface area contributed by atoms with E-state index in [2.05, 4.69) is 29.0 Å². The van der Waals surface area contributed by atoms with Gasteiger partial charge in [0.05, 0.1) is 11.0 Å². The molecule has 0 atom stereocenters. The molecule has 3 aromatic rings. The van der Waals surface area contributed by atoms with E-state index < -0.39 is 0 Å². The van der Waals surface area contributed by atoms with Gasteiger partial charge >= 0.3 is 0 Å². The third-order valence-electron chi connectivity index (χ3n) is 5.66. The predicted molar refractivity (Wildman–Crippen MR) is 121 cm³/mol. The summed E-state index contributed by atoms with van der Waals surface area (Å²) in [5, 5.41) is 2.94. The number of para-hydroxylation sites is 2. The van der Waals surface area contributed by atoms with Gasteiger partial charge < -0.3 is 14.8 Å². The Bertz CT molecular complexity index is 1100. The van der Waals surface area contributed by atoms with E-state index >= 15 is 0 Å². The molecule has 0 bridgehead atoms. The van der Waals surface area contributed by atoms with E-state index in [1.807, 2.05) is 48.5 Å². The van der Waals surface area contributed by atoms with Gasteiger partial charge in [-0.2, -0.15) is 0 Å². The molecule has 1 fully saturated rings. The van der Waals surface area contributed by atoms with Crippen molar-refractivity contribution >= 4 is 28.4 Å². The van der Waals surface area contributed by atoms with Gasteiger partial charge in [-0.3, -0.25) is 9.59 Å². The van der Waals surface area contributed by atoms with E-state index in [1.165, 1.54) is 5.56 Å². The third-order valence-corrected chi connectivity index (χ3v) is 5.66. The van der Waals surface area contributed by atoms with E-state index in [0.717, 1.165) is 42.7 Å². The summed E-state index contributed by atoms with van der Waals surface area (Å²) >= 11 is 0. The van der Waals surface area contributed by atoms with Crippen molar-refractivity contribution in [2.45, 2.75) is 45.6 Å². The Hall–Kier alpha value is -3.15. The smallest absolute Gasteiger partial charge is 0.294 e. The number of hydrogen-bond acceptors (Lipinski definition) is 4. The largest absolute Gasteiger partial charge is 0.352 e. The highest BCUT2D eigenvalue weighted by Gasteiger charge is 2.20. The molecule has 1 aromatic heterocycles. The maximum atomic E-state index is 13.2. The van der Waals surface area contributed by atoms with Crippen molar-refractivity contribution in [2.75, 3.05) is 23.3 Å².